The van der Waals surface area contributed by atoms with Crippen molar-refractivity contribution in [1.82, 2.24) is 29.2 Å². The van der Waals surface area contributed by atoms with Crippen LogP contribution in [-0.4, -0.2) is 37.0 Å². The fourth-order valence-corrected chi connectivity index (χ4v) is 3.86. The minimum Gasteiger partial charge on any atom is -0.317 e. The number of hydrogen-bond acceptors (Lipinski definition) is 5. The summed E-state index contributed by atoms with van der Waals surface area (Å²) in [7, 11) is 0. The Bertz CT molecular complexity index is 1260. The highest BCUT2D eigenvalue weighted by Gasteiger charge is 2.18. The molecule has 0 bridgehead atoms. The van der Waals surface area contributed by atoms with Gasteiger partial charge in [0.1, 0.15) is 0 Å². The normalized spacial score (nSPS) is 15.5. The number of piperidine rings is 1. The van der Waals surface area contributed by atoms with Crippen molar-refractivity contribution < 1.29 is 4.39 Å². The lowest BCUT2D eigenvalue weighted by Crippen LogP contribution is -2.34. The molecule has 142 valence electrons. The van der Waals surface area contributed by atoms with Gasteiger partial charge in [0, 0.05) is 36.4 Å². The standard InChI is InChI=1S/C20H19FN6O/c1-12-10-26-11-13(8-16(21)19(26)24-12)18-23-9-15-17(25-18)4-7-27(20(15)28)14-2-5-22-6-3-14/h4,7-11,14,22H,2-3,5-6H2,1H3. The molecule has 0 aliphatic carbocycles. The van der Waals surface area contributed by atoms with E-state index in [1.807, 2.05) is 13.0 Å². The van der Waals surface area contributed by atoms with E-state index in [1.54, 1.807) is 33.8 Å². The van der Waals surface area contributed by atoms with E-state index in [-0.39, 0.29) is 17.2 Å². The highest BCUT2D eigenvalue weighted by molar-refractivity contribution is 5.78. The predicted octanol–water partition coefficient (Wildman–Crippen LogP) is 2.48. The van der Waals surface area contributed by atoms with Gasteiger partial charge in [0.25, 0.3) is 5.56 Å². The first-order valence-corrected chi connectivity index (χ1v) is 9.34. The van der Waals surface area contributed by atoms with Gasteiger partial charge < -0.3 is 14.3 Å². The molecule has 0 radical (unpaired) electrons. The largest absolute Gasteiger partial charge is 0.317 e. The summed E-state index contributed by atoms with van der Waals surface area (Å²) in [6, 6.07) is 3.40. The van der Waals surface area contributed by atoms with Crippen LogP contribution in [0.2, 0.25) is 0 Å². The van der Waals surface area contributed by atoms with E-state index in [4.69, 9.17) is 0 Å². The van der Waals surface area contributed by atoms with Gasteiger partial charge in [-0.15, -0.1) is 0 Å². The molecule has 4 aromatic rings. The van der Waals surface area contributed by atoms with Crippen LogP contribution in [0.25, 0.3) is 27.9 Å². The summed E-state index contributed by atoms with van der Waals surface area (Å²) in [5, 5.41) is 3.78. The maximum atomic E-state index is 14.4. The molecule has 0 spiro atoms. The highest BCUT2D eigenvalue weighted by Crippen LogP contribution is 2.22. The lowest BCUT2D eigenvalue weighted by molar-refractivity contribution is 0.362. The minimum absolute atomic E-state index is 0.0807. The molecule has 28 heavy (non-hydrogen) atoms. The maximum absolute atomic E-state index is 14.4. The van der Waals surface area contributed by atoms with Gasteiger partial charge in [-0.05, 0) is 45.0 Å². The van der Waals surface area contributed by atoms with Crippen LogP contribution >= 0.6 is 0 Å². The molecule has 1 aliphatic heterocycles. The summed E-state index contributed by atoms with van der Waals surface area (Å²) in [5.41, 5.74) is 2.01. The van der Waals surface area contributed by atoms with Gasteiger partial charge in [-0.1, -0.05) is 0 Å². The molecule has 0 amide bonds. The highest BCUT2D eigenvalue weighted by atomic mass is 19.1. The van der Waals surface area contributed by atoms with E-state index in [0.717, 1.165) is 31.6 Å². The van der Waals surface area contributed by atoms with E-state index in [0.29, 0.717) is 22.3 Å². The van der Waals surface area contributed by atoms with Gasteiger partial charge in [-0.3, -0.25) is 4.79 Å². The van der Waals surface area contributed by atoms with E-state index in [1.165, 1.54) is 6.07 Å². The SMILES string of the molecule is Cc1cn2cc(-c3ncc4c(=O)n(C5CCNCC5)ccc4n3)cc(F)c2n1. The quantitative estimate of drug-likeness (QED) is 0.580. The minimum atomic E-state index is -0.435. The zero-order valence-electron chi connectivity index (χ0n) is 15.4. The number of pyridine rings is 2. The van der Waals surface area contributed by atoms with Crippen molar-refractivity contribution in [2.75, 3.05) is 13.1 Å². The van der Waals surface area contributed by atoms with Crippen LogP contribution in [0.1, 0.15) is 24.6 Å². The number of nitrogens with one attached hydrogen (secondary N) is 1. The van der Waals surface area contributed by atoms with Crippen LogP contribution in [0.4, 0.5) is 4.39 Å². The summed E-state index contributed by atoms with van der Waals surface area (Å²) in [5.74, 6) is -0.0608. The van der Waals surface area contributed by atoms with E-state index in [2.05, 4.69) is 20.3 Å². The average Bonchev–Trinajstić information content (AvgIpc) is 3.09. The van der Waals surface area contributed by atoms with Gasteiger partial charge in [-0.25, -0.2) is 19.3 Å². The number of fused-ring (bicyclic) bond motifs is 2. The van der Waals surface area contributed by atoms with E-state index in [9.17, 15) is 9.18 Å². The van der Waals surface area contributed by atoms with Crippen LogP contribution in [0.5, 0.6) is 0 Å². The van der Waals surface area contributed by atoms with Crippen molar-refractivity contribution >= 4 is 16.6 Å². The molecule has 1 saturated heterocycles. The van der Waals surface area contributed by atoms with Gasteiger partial charge >= 0.3 is 0 Å². The number of aromatic nitrogens is 5. The average molecular weight is 378 g/mol. The number of imidazole rings is 1. The summed E-state index contributed by atoms with van der Waals surface area (Å²) in [4.78, 5) is 25.9. The van der Waals surface area contributed by atoms with Crippen LogP contribution < -0.4 is 10.9 Å². The first kappa shape index (κ1) is 17.0. The van der Waals surface area contributed by atoms with Crippen LogP contribution in [-0.2, 0) is 0 Å². The Labute approximate surface area is 159 Å². The Morgan fingerprint density at radius 3 is 2.86 bits per heavy atom. The Kier molecular flexibility index (Phi) is 3.94. The molecule has 0 saturated carbocycles. The third kappa shape index (κ3) is 2.77. The summed E-state index contributed by atoms with van der Waals surface area (Å²) < 4.78 is 17.8. The third-order valence-electron chi connectivity index (χ3n) is 5.26. The fraction of sp³-hybridized carbons (Fsp3) is 0.300. The van der Waals surface area contributed by atoms with Crippen molar-refractivity contribution in [3.05, 3.63) is 58.8 Å². The predicted molar refractivity (Wildman–Crippen MR) is 104 cm³/mol. The van der Waals surface area contributed by atoms with E-state index < -0.39 is 5.82 Å². The van der Waals surface area contributed by atoms with Crippen molar-refractivity contribution in [1.29, 1.82) is 0 Å². The van der Waals surface area contributed by atoms with Crippen LogP contribution in [0, 0.1) is 12.7 Å². The van der Waals surface area contributed by atoms with Crippen molar-refractivity contribution in [3.8, 4) is 11.4 Å². The molecule has 1 N–H and O–H groups in total. The second kappa shape index (κ2) is 6.49. The molecule has 1 fully saturated rings. The zero-order valence-corrected chi connectivity index (χ0v) is 15.4. The Balaban J connectivity index is 1.59. The molecule has 8 heteroatoms. The molecule has 7 nitrogen and oxygen atoms in total. The number of hydrogen-bond donors (Lipinski definition) is 1. The van der Waals surface area contributed by atoms with Gasteiger partial charge in [0.2, 0.25) is 0 Å². The molecular formula is C20H19FN6O. The molecule has 0 atom stereocenters. The fourth-order valence-electron chi connectivity index (χ4n) is 3.86. The first-order chi connectivity index (χ1) is 13.6. The maximum Gasteiger partial charge on any atom is 0.261 e. The van der Waals surface area contributed by atoms with E-state index >= 15 is 0 Å². The first-order valence-electron chi connectivity index (χ1n) is 9.34. The van der Waals surface area contributed by atoms with Crippen molar-refractivity contribution in [2.45, 2.75) is 25.8 Å². The lowest BCUT2D eigenvalue weighted by Gasteiger charge is -2.24. The lowest BCUT2D eigenvalue weighted by atomic mass is 10.1. The number of rotatable bonds is 2. The van der Waals surface area contributed by atoms with Crippen molar-refractivity contribution in [3.63, 3.8) is 0 Å². The summed E-state index contributed by atoms with van der Waals surface area (Å²) >= 11 is 0. The second-order valence-corrected chi connectivity index (χ2v) is 7.19. The molecule has 4 aromatic heterocycles. The molecule has 5 rings (SSSR count). The monoisotopic (exact) mass is 378 g/mol. The molecular weight excluding hydrogens is 359 g/mol. The molecule has 5 heterocycles. The number of nitrogens with zero attached hydrogens (tertiary/aromatic N) is 5. The van der Waals surface area contributed by atoms with Gasteiger partial charge in [-0.2, -0.15) is 0 Å². The topological polar surface area (TPSA) is 77.1 Å². The molecule has 1 aliphatic rings. The number of aryl methyl sites for hydroxylation is 1. The van der Waals surface area contributed by atoms with Crippen molar-refractivity contribution in [2.24, 2.45) is 0 Å². The van der Waals surface area contributed by atoms with Crippen LogP contribution in [0.15, 0.2) is 41.7 Å². The zero-order chi connectivity index (χ0) is 19.3. The van der Waals surface area contributed by atoms with Gasteiger partial charge in [0.15, 0.2) is 17.3 Å². The van der Waals surface area contributed by atoms with Gasteiger partial charge in [0.05, 0.1) is 16.6 Å². The Morgan fingerprint density at radius 2 is 2.04 bits per heavy atom. The Hall–Kier alpha value is -3.13. The summed E-state index contributed by atoms with van der Waals surface area (Å²) in [6.07, 6.45) is 8.69. The molecule has 0 aromatic carbocycles. The second-order valence-electron chi connectivity index (χ2n) is 7.19. The number of halogens is 1. The molecule has 0 unspecified atom stereocenters. The van der Waals surface area contributed by atoms with Crippen LogP contribution in [0.3, 0.4) is 0 Å². The smallest absolute Gasteiger partial charge is 0.261 e. The third-order valence-corrected chi connectivity index (χ3v) is 5.26. The summed E-state index contributed by atoms with van der Waals surface area (Å²) in [6.45, 7) is 3.63. The Morgan fingerprint density at radius 1 is 1.21 bits per heavy atom.